The van der Waals surface area contributed by atoms with Gasteiger partial charge in [-0.05, 0) is 24.6 Å². The second-order valence-corrected chi connectivity index (χ2v) is 4.54. The average Bonchev–Trinajstić information content (AvgIpc) is 2.46. The van der Waals surface area contributed by atoms with Crippen LogP contribution in [0.1, 0.15) is 24.0 Å². The van der Waals surface area contributed by atoms with Crippen LogP contribution in [0.4, 0.5) is 0 Å². The molecule has 0 N–H and O–H groups in total. The highest BCUT2D eigenvalue weighted by atomic mass is 15.1. The van der Waals surface area contributed by atoms with Crippen molar-refractivity contribution in [1.82, 2.24) is 14.9 Å². The van der Waals surface area contributed by atoms with Gasteiger partial charge in [-0.3, -0.25) is 4.90 Å². The zero-order valence-electron chi connectivity index (χ0n) is 11.4. The Kier molecular flexibility index (Phi) is 4.45. The van der Waals surface area contributed by atoms with Crippen LogP contribution in [0.2, 0.25) is 0 Å². The lowest BCUT2D eigenvalue weighted by atomic mass is 10.1. The van der Waals surface area contributed by atoms with Crippen molar-refractivity contribution in [3.8, 4) is 0 Å². The number of aromatic nitrogens is 2. The molecule has 0 amide bonds. The number of hydrogen-bond donors (Lipinski definition) is 0. The Bertz CT molecular complexity index is 551. The van der Waals surface area contributed by atoms with Crippen molar-refractivity contribution in [2.24, 2.45) is 0 Å². The van der Waals surface area contributed by atoms with Crippen LogP contribution in [0.3, 0.4) is 0 Å². The van der Waals surface area contributed by atoms with Crippen LogP contribution in [0.15, 0.2) is 43.3 Å². The lowest BCUT2D eigenvalue weighted by molar-refractivity contribution is 0.263. The van der Waals surface area contributed by atoms with E-state index in [2.05, 4.69) is 40.7 Å². The summed E-state index contributed by atoms with van der Waals surface area (Å²) >= 11 is 0. The summed E-state index contributed by atoms with van der Waals surface area (Å²) in [7, 11) is 0. The molecule has 0 bridgehead atoms. The van der Waals surface area contributed by atoms with Crippen molar-refractivity contribution in [2.75, 3.05) is 13.1 Å². The van der Waals surface area contributed by atoms with Crippen molar-refractivity contribution in [2.45, 2.75) is 19.9 Å². The summed E-state index contributed by atoms with van der Waals surface area (Å²) in [5, 5.41) is 0. The molecule has 1 aromatic heterocycles. The predicted molar refractivity (Wildman–Crippen MR) is 78.6 cm³/mol. The Labute approximate surface area is 114 Å². The average molecular weight is 253 g/mol. The quantitative estimate of drug-likeness (QED) is 0.610. The first-order chi connectivity index (χ1) is 9.24. The Hall–Kier alpha value is -1.96. The van der Waals surface area contributed by atoms with Crippen LogP contribution in [0.5, 0.6) is 0 Å². The van der Waals surface area contributed by atoms with Gasteiger partial charge in [0.2, 0.25) is 0 Å². The Morgan fingerprint density at radius 1 is 1.58 bits per heavy atom. The van der Waals surface area contributed by atoms with Gasteiger partial charge in [-0.15, -0.1) is 5.73 Å². The topological polar surface area (TPSA) is 29.0 Å². The van der Waals surface area contributed by atoms with E-state index in [1.54, 1.807) is 6.08 Å². The normalized spacial score (nSPS) is 15.0. The molecule has 3 heteroatoms. The van der Waals surface area contributed by atoms with Gasteiger partial charge in [0.1, 0.15) is 0 Å². The van der Waals surface area contributed by atoms with Crippen LogP contribution in [-0.4, -0.2) is 28.0 Å². The maximum Gasteiger partial charge on any atom is 0.158 e. The zero-order chi connectivity index (χ0) is 13.7. The molecule has 1 aliphatic heterocycles. The van der Waals surface area contributed by atoms with E-state index in [1.165, 1.54) is 5.56 Å². The predicted octanol–water partition coefficient (Wildman–Crippen LogP) is 2.77. The smallest absolute Gasteiger partial charge is 0.158 e. The lowest BCUT2D eigenvalue weighted by Crippen LogP contribution is -2.31. The third kappa shape index (κ3) is 3.28. The monoisotopic (exact) mass is 253 g/mol. The molecule has 0 unspecified atom stereocenters. The number of fused-ring (bicyclic) bond motifs is 1. The van der Waals surface area contributed by atoms with Gasteiger partial charge in [0.25, 0.3) is 0 Å². The number of allylic oxidation sites excluding steroid dienone is 4. The second-order valence-electron chi connectivity index (χ2n) is 4.54. The van der Waals surface area contributed by atoms with Crippen molar-refractivity contribution >= 4 is 5.57 Å². The molecule has 0 saturated carbocycles. The van der Waals surface area contributed by atoms with E-state index in [4.69, 9.17) is 0 Å². The van der Waals surface area contributed by atoms with Crippen molar-refractivity contribution in [3.63, 3.8) is 0 Å². The van der Waals surface area contributed by atoms with Gasteiger partial charge in [-0.25, -0.2) is 9.97 Å². The summed E-state index contributed by atoms with van der Waals surface area (Å²) in [6, 6.07) is 0. The zero-order valence-corrected chi connectivity index (χ0v) is 11.4. The summed E-state index contributed by atoms with van der Waals surface area (Å²) in [4.78, 5) is 11.4. The summed E-state index contributed by atoms with van der Waals surface area (Å²) in [5.74, 6) is 0.699. The number of nitrogens with zero attached hydrogens (tertiary/aromatic N) is 3. The van der Waals surface area contributed by atoms with E-state index in [-0.39, 0.29) is 0 Å². The van der Waals surface area contributed by atoms with Crippen LogP contribution >= 0.6 is 0 Å². The first-order valence-electron chi connectivity index (χ1n) is 6.53. The largest absolute Gasteiger partial charge is 0.297 e. The molecule has 2 heterocycles. The van der Waals surface area contributed by atoms with E-state index in [0.29, 0.717) is 5.82 Å². The molecule has 0 atom stereocenters. The molecule has 3 nitrogen and oxygen atoms in total. The Morgan fingerprint density at radius 2 is 2.42 bits per heavy atom. The minimum absolute atomic E-state index is 0.699. The molecule has 0 aromatic carbocycles. The molecule has 0 radical (unpaired) electrons. The van der Waals surface area contributed by atoms with Crippen molar-refractivity contribution in [3.05, 3.63) is 60.4 Å². The Morgan fingerprint density at radius 3 is 3.16 bits per heavy atom. The molecule has 0 fully saturated rings. The van der Waals surface area contributed by atoms with Crippen molar-refractivity contribution in [1.29, 1.82) is 0 Å². The van der Waals surface area contributed by atoms with Crippen molar-refractivity contribution < 1.29 is 0 Å². The van der Waals surface area contributed by atoms with Gasteiger partial charge in [-0.1, -0.05) is 32.2 Å². The van der Waals surface area contributed by atoms with Crippen LogP contribution in [0, 0.1) is 0 Å². The number of rotatable bonds is 4. The summed E-state index contributed by atoms with van der Waals surface area (Å²) in [6.07, 6.45) is 8.43. The highest BCUT2D eigenvalue weighted by Gasteiger charge is 2.17. The molecule has 19 heavy (non-hydrogen) atoms. The summed E-state index contributed by atoms with van der Waals surface area (Å²) in [5.41, 5.74) is 5.89. The van der Waals surface area contributed by atoms with E-state index in [9.17, 15) is 0 Å². The van der Waals surface area contributed by atoms with Gasteiger partial charge in [-0.2, -0.15) is 0 Å². The fourth-order valence-electron chi connectivity index (χ4n) is 2.09. The van der Waals surface area contributed by atoms with Crippen LogP contribution in [-0.2, 0) is 13.0 Å². The van der Waals surface area contributed by atoms with Gasteiger partial charge in [0, 0.05) is 24.9 Å². The highest BCUT2D eigenvalue weighted by Crippen LogP contribution is 2.18. The maximum atomic E-state index is 4.64. The van der Waals surface area contributed by atoms with Gasteiger partial charge < -0.3 is 0 Å². The summed E-state index contributed by atoms with van der Waals surface area (Å²) in [6.45, 7) is 12.7. The first kappa shape index (κ1) is 13.5. The second kappa shape index (κ2) is 6.28. The molecule has 98 valence electrons. The van der Waals surface area contributed by atoms with Gasteiger partial charge in [0.05, 0.1) is 5.69 Å². The van der Waals surface area contributed by atoms with Crippen LogP contribution in [0.25, 0.3) is 5.57 Å². The van der Waals surface area contributed by atoms with E-state index < -0.39 is 0 Å². The maximum absolute atomic E-state index is 4.64. The molecular formula is C16H19N3. The Balaban J connectivity index is 2.20. The minimum Gasteiger partial charge on any atom is -0.297 e. The molecule has 1 aliphatic rings. The minimum atomic E-state index is 0.699. The molecule has 0 spiro atoms. The fourth-order valence-corrected chi connectivity index (χ4v) is 2.09. The van der Waals surface area contributed by atoms with Crippen LogP contribution < -0.4 is 0 Å². The fraction of sp³-hybridized carbons (Fsp3) is 0.312. The third-order valence-electron chi connectivity index (χ3n) is 3.27. The third-order valence-corrected chi connectivity index (χ3v) is 3.27. The molecular weight excluding hydrogens is 234 g/mol. The van der Waals surface area contributed by atoms with E-state index >= 15 is 0 Å². The van der Waals surface area contributed by atoms with Gasteiger partial charge >= 0.3 is 0 Å². The van der Waals surface area contributed by atoms with Gasteiger partial charge in [0.15, 0.2) is 5.82 Å². The van der Waals surface area contributed by atoms with E-state index in [1.807, 2.05) is 18.3 Å². The van der Waals surface area contributed by atoms with E-state index in [0.717, 1.165) is 37.3 Å². The first-order valence-corrected chi connectivity index (χ1v) is 6.53. The molecule has 0 saturated heterocycles. The lowest BCUT2D eigenvalue weighted by Gasteiger charge is -2.26. The SMILES string of the molecule is C=C=C/C=C\C(=C)c1ncc2c(n1)CN(CC)CC2. The standard InChI is InChI=1S/C16H19N3/c1-4-6-7-8-13(3)16-17-11-14-9-10-19(5-2)12-15(14)18-16/h6-8,11H,1,3,5,9-10,12H2,2H3/b8-7-. The number of hydrogen-bond acceptors (Lipinski definition) is 3. The molecule has 1 aromatic rings. The molecule has 2 rings (SSSR count). The molecule has 0 aliphatic carbocycles. The highest BCUT2D eigenvalue weighted by molar-refractivity contribution is 5.67. The number of likely N-dealkylation sites (N-methyl/N-ethyl adjacent to an activating group) is 1. The summed E-state index contributed by atoms with van der Waals surface area (Å²) < 4.78 is 0.